The van der Waals surface area contributed by atoms with Crippen molar-refractivity contribution in [2.24, 2.45) is 0 Å². The first-order valence-corrected chi connectivity index (χ1v) is 7.82. The molecule has 1 aromatic heterocycles. The molecule has 0 saturated heterocycles. The van der Waals surface area contributed by atoms with Crippen LogP contribution >= 0.6 is 15.9 Å². The topological polar surface area (TPSA) is 34.2 Å². The minimum absolute atomic E-state index is 0.817. The molecule has 0 aliphatic rings. The van der Waals surface area contributed by atoms with Crippen LogP contribution in [-0.2, 0) is 6.42 Å². The lowest BCUT2D eigenvalue weighted by Gasteiger charge is -2.17. The van der Waals surface area contributed by atoms with Crippen LogP contribution in [0.5, 0.6) is 5.75 Å². The van der Waals surface area contributed by atoms with Crippen LogP contribution in [0.25, 0.3) is 10.9 Å². The van der Waals surface area contributed by atoms with Gasteiger partial charge in [0.25, 0.3) is 0 Å². The number of fused-ring (bicyclic) bond motifs is 1. The Morgan fingerprint density at radius 2 is 2.05 bits per heavy atom. The molecule has 20 heavy (non-hydrogen) atoms. The second kappa shape index (κ2) is 6.44. The molecule has 0 atom stereocenters. The summed E-state index contributed by atoms with van der Waals surface area (Å²) in [6, 6.07) is 3.98. The van der Waals surface area contributed by atoms with Gasteiger partial charge in [0.05, 0.1) is 7.11 Å². The highest BCUT2D eigenvalue weighted by Gasteiger charge is 2.16. The van der Waals surface area contributed by atoms with E-state index in [4.69, 9.17) is 9.72 Å². The van der Waals surface area contributed by atoms with Crippen LogP contribution in [0.1, 0.15) is 31.5 Å². The lowest BCUT2D eigenvalue weighted by atomic mass is 10.0. The molecule has 0 fully saturated rings. The fraction of sp³-hybridized carbons (Fsp3) is 0.438. The molecule has 3 nitrogen and oxygen atoms in total. The highest BCUT2D eigenvalue weighted by Crippen LogP contribution is 2.38. The lowest BCUT2D eigenvalue weighted by molar-refractivity contribution is 0.418. The SMILES string of the molecule is CCCNc1c(C)c(CC)nc2c(OC)ccc(Br)c12. The fourth-order valence-electron chi connectivity index (χ4n) is 2.43. The maximum Gasteiger partial charge on any atom is 0.145 e. The number of nitrogens with zero attached hydrogens (tertiary/aromatic N) is 1. The van der Waals surface area contributed by atoms with Crippen molar-refractivity contribution in [2.45, 2.75) is 33.6 Å². The van der Waals surface area contributed by atoms with E-state index >= 15 is 0 Å². The highest BCUT2D eigenvalue weighted by atomic mass is 79.9. The normalized spacial score (nSPS) is 10.8. The smallest absolute Gasteiger partial charge is 0.145 e. The maximum absolute atomic E-state index is 5.47. The monoisotopic (exact) mass is 336 g/mol. The predicted molar refractivity (Wildman–Crippen MR) is 88.9 cm³/mol. The molecule has 0 bridgehead atoms. The van der Waals surface area contributed by atoms with Crippen LogP contribution < -0.4 is 10.1 Å². The standard InChI is InChI=1S/C16H21BrN2O/c1-5-9-18-15-10(3)12(6-2)19-16-13(20-4)8-7-11(17)14(15)16/h7-8H,5-6,9H2,1-4H3,(H,18,19). The third-order valence-corrected chi connectivity index (χ3v) is 4.16. The Hall–Kier alpha value is -1.29. The number of aryl methyl sites for hydroxylation is 1. The second-order valence-corrected chi connectivity index (χ2v) is 5.67. The molecule has 1 N–H and O–H groups in total. The number of ether oxygens (including phenoxy) is 1. The molecule has 0 aliphatic carbocycles. The quantitative estimate of drug-likeness (QED) is 0.859. The van der Waals surface area contributed by atoms with Gasteiger partial charge in [-0.3, -0.25) is 0 Å². The van der Waals surface area contributed by atoms with Gasteiger partial charge in [-0.2, -0.15) is 0 Å². The molecule has 1 aromatic carbocycles. The van der Waals surface area contributed by atoms with Gasteiger partial charge < -0.3 is 10.1 Å². The summed E-state index contributed by atoms with van der Waals surface area (Å²) in [7, 11) is 1.69. The molecule has 1 heterocycles. The number of anilines is 1. The van der Waals surface area contributed by atoms with Crippen LogP contribution in [-0.4, -0.2) is 18.6 Å². The van der Waals surface area contributed by atoms with Crippen LogP contribution in [0.15, 0.2) is 16.6 Å². The van der Waals surface area contributed by atoms with Crippen LogP contribution in [0.2, 0.25) is 0 Å². The van der Waals surface area contributed by atoms with Crippen molar-refractivity contribution in [3.05, 3.63) is 27.9 Å². The van der Waals surface area contributed by atoms with Crippen molar-refractivity contribution >= 4 is 32.5 Å². The average Bonchev–Trinajstić information content (AvgIpc) is 2.46. The first kappa shape index (κ1) is 15.1. The maximum atomic E-state index is 5.47. The van der Waals surface area contributed by atoms with E-state index in [1.807, 2.05) is 12.1 Å². The van der Waals surface area contributed by atoms with Gasteiger partial charge in [0, 0.05) is 27.8 Å². The van der Waals surface area contributed by atoms with Gasteiger partial charge >= 0.3 is 0 Å². The Balaban J connectivity index is 2.80. The number of halogens is 1. The lowest BCUT2D eigenvalue weighted by Crippen LogP contribution is -2.06. The van der Waals surface area contributed by atoms with E-state index < -0.39 is 0 Å². The molecule has 0 amide bonds. The summed E-state index contributed by atoms with van der Waals surface area (Å²) in [5.41, 5.74) is 4.43. The molecule has 2 aromatic rings. The zero-order valence-corrected chi connectivity index (χ0v) is 14.1. The Morgan fingerprint density at radius 3 is 2.65 bits per heavy atom. The van der Waals surface area contributed by atoms with Crippen molar-refractivity contribution in [3.63, 3.8) is 0 Å². The molecule has 0 saturated carbocycles. The van der Waals surface area contributed by atoms with Crippen molar-refractivity contribution in [2.75, 3.05) is 19.0 Å². The number of pyridine rings is 1. The largest absolute Gasteiger partial charge is 0.494 e. The Morgan fingerprint density at radius 1 is 1.30 bits per heavy atom. The molecule has 2 rings (SSSR count). The van der Waals surface area contributed by atoms with E-state index in [2.05, 4.69) is 42.0 Å². The minimum atomic E-state index is 0.817. The number of benzene rings is 1. The zero-order valence-electron chi connectivity index (χ0n) is 12.5. The molecule has 4 heteroatoms. The van der Waals surface area contributed by atoms with Gasteiger partial charge in [-0.25, -0.2) is 4.98 Å². The Labute approximate surface area is 128 Å². The molecule has 0 radical (unpaired) electrons. The highest BCUT2D eigenvalue weighted by molar-refractivity contribution is 9.10. The van der Waals surface area contributed by atoms with Gasteiger partial charge in [-0.15, -0.1) is 0 Å². The minimum Gasteiger partial charge on any atom is -0.494 e. The first-order chi connectivity index (χ1) is 9.63. The van der Waals surface area contributed by atoms with Crippen molar-refractivity contribution in [1.82, 2.24) is 4.98 Å². The summed E-state index contributed by atoms with van der Waals surface area (Å²) in [6.45, 7) is 7.39. The summed E-state index contributed by atoms with van der Waals surface area (Å²) in [6.07, 6.45) is 2.00. The number of aromatic nitrogens is 1. The first-order valence-electron chi connectivity index (χ1n) is 7.03. The van der Waals surface area contributed by atoms with E-state index in [9.17, 15) is 0 Å². The van der Waals surface area contributed by atoms with Crippen LogP contribution in [0.4, 0.5) is 5.69 Å². The third-order valence-electron chi connectivity index (χ3n) is 3.50. The Kier molecular flexibility index (Phi) is 4.86. The summed E-state index contributed by atoms with van der Waals surface area (Å²) in [4.78, 5) is 4.80. The van der Waals surface area contributed by atoms with E-state index in [0.29, 0.717) is 0 Å². The molecule has 0 aliphatic heterocycles. The van der Waals surface area contributed by atoms with Crippen molar-refractivity contribution < 1.29 is 4.74 Å². The van der Waals surface area contributed by atoms with Crippen molar-refractivity contribution in [3.8, 4) is 5.75 Å². The van der Waals surface area contributed by atoms with E-state index in [1.165, 1.54) is 11.3 Å². The summed E-state index contributed by atoms with van der Waals surface area (Å²) in [5, 5.41) is 4.65. The number of hydrogen-bond donors (Lipinski definition) is 1. The average molecular weight is 337 g/mol. The fourth-order valence-corrected chi connectivity index (χ4v) is 2.94. The molecule has 108 valence electrons. The van der Waals surface area contributed by atoms with E-state index in [-0.39, 0.29) is 0 Å². The van der Waals surface area contributed by atoms with Crippen molar-refractivity contribution in [1.29, 1.82) is 0 Å². The van der Waals surface area contributed by atoms with E-state index in [1.54, 1.807) is 7.11 Å². The third kappa shape index (κ3) is 2.62. The molecular formula is C16H21BrN2O. The second-order valence-electron chi connectivity index (χ2n) is 4.81. The number of nitrogens with one attached hydrogen (secondary N) is 1. The zero-order chi connectivity index (χ0) is 14.7. The molecule has 0 spiro atoms. The van der Waals surface area contributed by atoms with E-state index in [0.717, 1.165) is 46.2 Å². The number of rotatable bonds is 5. The summed E-state index contributed by atoms with van der Waals surface area (Å²) in [5.74, 6) is 0.817. The Bertz CT molecular complexity index is 626. The van der Waals surface area contributed by atoms with Gasteiger partial charge in [0.15, 0.2) is 0 Å². The van der Waals surface area contributed by atoms with Crippen LogP contribution in [0, 0.1) is 6.92 Å². The van der Waals surface area contributed by atoms with Gasteiger partial charge in [-0.1, -0.05) is 29.8 Å². The molecular weight excluding hydrogens is 316 g/mol. The number of hydrogen-bond acceptors (Lipinski definition) is 3. The molecule has 0 unspecified atom stereocenters. The summed E-state index contributed by atoms with van der Waals surface area (Å²) < 4.78 is 6.52. The number of methoxy groups -OCH3 is 1. The van der Waals surface area contributed by atoms with Gasteiger partial charge in [0.1, 0.15) is 11.3 Å². The summed E-state index contributed by atoms with van der Waals surface area (Å²) >= 11 is 3.65. The predicted octanol–water partition coefficient (Wildman–Crippen LogP) is 4.70. The van der Waals surface area contributed by atoms with Crippen LogP contribution in [0.3, 0.4) is 0 Å². The van der Waals surface area contributed by atoms with Gasteiger partial charge in [0.2, 0.25) is 0 Å². The van der Waals surface area contributed by atoms with Gasteiger partial charge in [-0.05, 0) is 37.5 Å².